The SMILES string of the molecule is COC(=O)/C=C/C(=O)NC[C@H](NC(=O)[C@@H](CCSC)NC(=O)[C@H](C)N)C(=O)O. The van der Waals surface area contributed by atoms with E-state index in [-0.39, 0.29) is 6.42 Å². The Bertz CT molecular complexity index is 610. The minimum Gasteiger partial charge on any atom is -0.480 e. The Labute approximate surface area is 166 Å². The highest BCUT2D eigenvalue weighted by atomic mass is 32.2. The van der Waals surface area contributed by atoms with Crippen molar-refractivity contribution >= 4 is 41.4 Å². The number of hydrogen-bond donors (Lipinski definition) is 5. The Morgan fingerprint density at radius 1 is 1.11 bits per heavy atom. The molecule has 6 N–H and O–H groups in total. The van der Waals surface area contributed by atoms with Gasteiger partial charge in [-0.15, -0.1) is 0 Å². The van der Waals surface area contributed by atoms with Crippen molar-refractivity contribution in [2.24, 2.45) is 5.73 Å². The zero-order valence-corrected chi connectivity index (χ0v) is 16.7. The summed E-state index contributed by atoms with van der Waals surface area (Å²) < 4.78 is 4.32. The predicted molar refractivity (Wildman–Crippen MR) is 102 cm³/mol. The van der Waals surface area contributed by atoms with Gasteiger partial charge in [0.1, 0.15) is 12.1 Å². The largest absolute Gasteiger partial charge is 0.480 e. The van der Waals surface area contributed by atoms with Gasteiger partial charge in [-0.2, -0.15) is 11.8 Å². The zero-order valence-electron chi connectivity index (χ0n) is 15.9. The van der Waals surface area contributed by atoms with Gasteiger partial charge in [-0.1, -0.05) is 0 Å². The summed E-state index contributed by atoms with van der Waals surface area (Å²) in [7, 11) is 1.14. The molecular formula is C16H26N4O7S. The molecule has 0 aromatic heterocycles. The average molecular weight is 418 g/mol. The van der Waals surface area contributed by atoms with E-state index in [1.54, 1.807) is 0 Å². The third-order valence-electron chi connectivity index (χ3n) is 3.32. The first-order valence-electron chi connectivity index (χ1n) is 8.24. The quantitative estimate of drug-likeness (QED) is 0.177. The molecule has 0 unspecified atom stereocenters. The van der Waals surface area contributed by atoms with Crippen molar-refractivity contribution in [2.45, 2.75) is 31.5 Å². The van der Waals surface area contributed by atoms with Gasteiger partial charge in [-0.3, -0.25) is 14.4 Å². The highest BCUT2D eigenvalue weighted by molar-refractivity contribution is 7.98. The third-order valence-corrected chi connectivity index (χ3v) is 3.97. The van der Waals surface area contributed by atoms with Crippen LogP contribution in [0.4, 0.5) is 0 Å². The van der Waals surface area contributed by atoms with Crippen molar-refractivity contribution in [3.63, 3.8) is 0 Å². The van der Waals surface area contributed by atoms with Crippen LogP contribution in [0.15, 0.2) is 12.2 Å². The van der Waals surface area contributed by atoms with Gasteiger partial charge in [-0.05, 0) is 25.4 Å². The third kappa shape index (κ3) is 10.5. The van der Waals surface area contributed by atoms with Gasteiger partial charge in [0.15, 0.2) is 0 Å². The molecule has 0 aromatic rings. The van der Waals surface area contributed by atoms with Crippen LogP contribution < -0.4 is 21.7 Å². The van der Waals surface area contributed by atoms with Gasteiger partial charge in [0.05, 0.1) is 13.2 Å². The van der Waals surface area contributed by atoms with E-state index in [1.807, 2.05) is 6.26 Å². The van der Waals surface area contributed by atoms with Gasteiger partial charge < -0.3 is 31.5 Å². The second-order valence-corrected chi connectivity index (χ2v) is 6.62. The predicted octanol–water partition coefficient (Wildman–Crippen LogP) is -2.01. The summed E-state index contributed by atoms with van der Waals surface area (Å²) in [4.78, 5) is 58.0. The van der Waals surface area contributed by atoms with Crippen LogP contribution in [0.2, 0.25) is 0 Å². The fraction of sp³-hybridized carbons (Fsp3) is 0.562. The summed E-state index contributed by atoms with van der Waals surface area (Å²) in [6, 6.07) is -3.24. The lowest BCUT2D eigenvalue weighted by Gasteiger charge is -2.22. The van der Waals surface area contributed by atoms with Gasteiger partial charge in [0, 0.05) is 18.7 Å². The number of carboxylic acid groups (broad SMARTS) is 1. The number of thioether (sulfide) groups is 1. The number of carbonyl (C=O) groups is 5. The molecule has 28 heavy (non-hydrogen) atoms. The van der Waals surface area contributed by atoms with Crippen LogP contribution in [0.3, 0.4) is 0 Å². The standard InChI is InChI=1S/C16H26N4O7S/c1-9(17)14(23)19-10(6-7-28-3)15(24)20-11(16(25)26)8-18-12(21)4-5-13(22)27-2/h4-5,9-11H,6-8,17H2,1-3H3,(H,18,21)(H,19,23)(H,20,24)(H,25,26)/b5-4+/t9-,10+,11-/m0/s1. The molecule has 11 nitrogen and oxygen atoms in total. The molecule has 0 heterocycles. The number of ether oxygens (including phenoxy) is 1. The maximum atomic E-state index is 12.4. The summed E-state index contributed by atoms with van der Waals surface area (Å²) in [6.07, 6.45) is 3.83. The van der Waals surface area contributed by atoms with Crippen LogP contribution in [0.25, 0.3) is 0 Å². The first-order valence-corrected chi connectivity index (χ1v) is 9.63. The maximum Gasteiger partial charge on any atom is 0.330 e. The fourth-order valence-electron chi connectivity index (χ4n) is 1.75. The summed E-state index contributed by atoms with van der Waals surface area (Å²) in [5, 5.41) is 16.2. The molecule has 0 fully saturated rings. The molecule has 12 heteroatoms. The Balaban J connectivity index is 4.92. The van der Waals surface area contributed by atoms with E-state index in [0.717, 1.165) is 19.3 Å². The van der Waals surface area contributed by atoms with Crippen molar-refractivity contribution in [2.75, 3.05) is 25.7 Å². The minimum absolute atomic E-state index is 0.270. The molecule has 0 aromatic carbocycles. The van der Waals surface area contributed by atoms with Crippen LogP contribution in [0.5, 0.6) is 0 Å². The van der Waals surface area contributed by atoms with Crippen LogP contribution in [0, 0.1) is 0 Å². The summed E-state index contributed by atoms with van der Waals surface area (Å²) in [5.74, 6) is -3.59. The Hall–Kier alpha value is -2.60. The van der Waals surface area contributed by atoms with E-state index in [2.05, 4.69) is 20.7 Å². The molecule has 3 atom stereocenters. The zero-order chi connectivity index (χ0) is 21.7. The van der Waals surface area contributed by atoms with E-state index in [9.17, 15) is 29.1 Å². The summed E-state index contributed by atoms with van der Waals surface area (Å²) in [5.41, 5.74) is 5.47. The van der Waals surface area contributed by atoms with Gasteiger partial charge in [0.2, 0.25) is 17.7 Å². The molecule has 158 valence electrons. The molecule has 0 aliphatic carbocycles. The van der Waals surface area contributed by atoms with E-state index < -0.39 is 54.3 Å². The van der Waals surface area contributed by atoms with Gasteiger partial charge >= 0.3 is 11.9 Å². The van der Waals surface area contributed by atoms with E-state index in [1.165, 1.54) is 18.7 Å². The maximum absolute atomic E-state index is 12.4. The lowest BCUT2D eigenvalue weighted by molar-refractivity contribution is -0.142. The smallest absolute Gasteiger partial charge is 0.330 e. The van der Waals surface area contributed by atoms with E-state index in [0.29, 0.717) is 5.75 Å². The van der Waals surface area contributed by atoms with E-state index in [4.69, 9.17) is 5.73 Å². The fourth-order valence-corrected chi connectivity index (χ4v) is 2.22. The van der Waals surface area contributed by atoms with Gasteiger partial charge in [-0.25, -0.2) is 9.59 Å². The lowest BCUT2D eigenvalue weighted by Crippen LogP contribution is -2.56. The number of hydrogen-bond acceptors (Lipinski definition) is 8. The summed E-state index contributed by atoms with van der Waals surface area (Å²) in [6.45, 7) is 1.03. The second-order valence-electron chi connectivity index (χ2n) is 5.63. The minimum atomic E-state index is -1.44. The number of carboxylic acids is 1. The monoisotopic (exact) mass is 418 g/mol. The number of esters is 1. The Kier molecular flexibility index (Phi) is 12.3. The molecule has 0 aliphatic heterocycles. The normalized spacial score (nSPS) is 13.9. The molecule has 0 bridgehead atoms. The molecule has 0 saturated heterocycles. The van der Waals surface area contributed by atoms with Crippen LogP contribution in [0.1, 0.15) is 13.3 Å². The number of amides is 3. The molecule has 0 saturated carbocycles. The number of methoxy groups -OCH3 is 1. The van der Waals surface area contributed by atoms with Crippen LogP contribution >= 0.6 is 11.8 Å². The number of carbonyl (C=O) groups excluding carboxylic acids is 4. The number of nitrogens with two attached hydrogens (primary N) is 1. The molecule has 0 spiro atoms. The first-order chi connectivity index (χ1) is 13.1. The summed E-state index contributed by atoms with van der Waals surface area (Å²) >= 11 is 1.45. The number of nitrogens with one attached hydrogen (secondary N) is 3. The average Bonchev–Trinajstić information content (AvgIpc) is 2.65. The Morgan fingerprint density at radius 3 is 2.21 bits per heavy atom. The van der Waals surface area contributed by atoms with Gasteiger partial charge in [0.25, 0.3) is 0 Å². The van der Waals surface area contributed by atoms with E-state index >= 15 is 0 Å². The van der Waals surface area contributed by atoms with Crippen molar-refractivity contribution in [3.05, 3.63) is 12.2 Å². The van der Waals surface area contributed by atoms with Crippen molar-refractivity contribution in [3.8, 4) is 0 Å². The van der Waals surface area contributed by atoms with Crippen molar-refractivity contribution in [1.82, 2.24) is 16.0 Å². The topological polar surface area (TPSA) is 177 Å². The molecule has 0 aliphatic rings. The van der Waals surface area contributed by atoms with Crippen molar-refractivity contribution in [1.29, 1.82) is 0 Å². The molecule has 0 rings (SSSR count). The highest BCUT2D eigenvalue weighted by Crippen LogP contribution is 2.02. The van der Waals surface area contributed by atoms with Crippen LogP contribution in [-0.4, -0.2) is 78.6 Å². The molecule has 0 radical (unpaired) electrons. The Morgan fingerprint density at radius 2 is 1.71 bits per heavy atom. The van der Waals surface area contributed by atoms with Crippen LogP contribution in [-0.2, 0) is 28.7 Å². The number of aliphatic carboxylic acids is 1. The first kappa shape index (κ1) is 25.4. The van der Waals surface area contributed by atoms with Crippen molar-refractivity contribution < 1.29 is 33.8 Å². The highest BCUT2D eigenvalue weighted by Gasteiger charge is 2.27. The number of rotatable bonds is 12. The molecule has 3 amide bonds. The lowest BCUT2D eigenvalue weighted by atomic mass is 10.1. The second kappa shape index (κ2) is 13.6. The molecular weight excluding hydrogens is 392 g/mol.